The van der Waals surface area contributed by atoms with Gasteiger partial charge in [-0.3, -0.25) is 9.59 Å². The zero-order valence-electron chi connectivity index (χ0n) is 16.1. The number of hydrogen-bond donors (Lipinski definition) is 2. The molecule has 0 aliphatic carbocycles. The highest BCUT2D eigenvalue weighted by Gasteiger charge is 2.18. The van der Waals surface area contributed by atoms with Crippen LogP contribution in [-0.2, 0) is 13.5 Å². The summed E-state index contributed by atoms with van der Waals surface area (Å²) in [4.78, 5) is 25.0. The van der Waals surface area contributed by atoms with Crippen LogP contribution >= 0.6 is 34.8 Å². The molecule has 3 rings (SSSR count). The van der Waals surface area contributed by atoms with Gasteiger partial charge in [-0.05, 0) is 54.3 Å². The first-order valence-electron chi connectivity index (χ1n) is 9.19. The molecule has 0 aliphatic rings. The first-order chi connectivity index (χ1) is 14.3. The number of amides is 1. The molecule has 0 radical (unpaired) electrons. The highest BCUT2D eigenvalue weighted by molar-refractivity contribution is 6.42. The molecule has 30 heavy (non-hydrogen) atoms. The van der Waals surface area contributed by atoms with Crippen LogP contribution in [0.25, 0.3) is 11.3 Å². The molecule has 0 unspecified atom stereocenters. The molecule has 0 aliphatic heterocycles. The Kier molecular flexibility index (Phi) is 7.08. The van der Waals surface area contributed by atoms with Crippen molar-refractivity contribution in [1.29, 1.82) is 0 Å². The predicted octanol–water partition coefficient (Wildman–Crippen LogP) is 5.08. The van der Waals surface area contributed by atoms with Gasteiger partial charge in [-0.25, -0.2) is 0 Å². The Morgan fingerprint density at radius 1 is 1.07 bits per heavy atom. The van der Waals surface area contributed by atoms with E-state index >= 15 is 0 Å². The van der Waals surface area contributed by atoms with Crippen molar-refractivity contribution in [2.75, 3.05) is 6.54 Å². The fourth-order valence-electron chi connectivity index (χ4n) is 3.07. The maximum absolute atomic E-state index is 12.6. The molecule has 5 nitrogen and oxygen atoms in total. The van der Waals surface area contributed by atoms with E-state index < -0.39 is 17.2 Å². The summed E-state index contributed by atoms with van der Waals surface area (Å²) in [5, 5.41) is 14.4. The Balaban J connectivity index is 1.73. The summed E-state index contributed by atoms with van der Waals surface area (Å²) < 4.78 is 1.28. The van der Waals surface area contributed by atoms with E-state index in [2.05, 4.69) is 5.32 Å². The molecule has 0 bridgehead atoms. The Morgan fingerprint density at radius 3 is 2.53 bits per heavy atom. The van der Waals surface area contributed by atoms with Gasteiger partial charge < -0.3 is 15.0 Å². The Hall–Kier alpha value is -2.47. The third kappa shape index (κ3) is 4.98. The van der Waals surface area contributed by atoms with Crippen LogP contribution in [0, 0.1) is 0 Å². The van der Waals surface area contributed by atoms with Crippen molar-refractivity contribution in [3.63, 3.8) is 0 Å². The quantitative estimate of drug-likeness (QED) is 0.499. The number of aromatic hydroxyl groups is 1. The van der Waals surface area contributed by atoms with Crippen molar-refractivity contribution in [3.8, 4) is 17.0 Å². The van der Waals surface area contributed by atoms with Crippen LogP contribution in [0.1, 0.15) is 22.3 Å². The largest absolute Gasteiger partial charge is 0.502 e. The van der Waals surface area contributed by atoms with E-state index in [0.717, 1.165) is 5.56 Å². The molecule has 0 fully saturated rings. The van der Waals surface area contributed by atoms with Crippen molar-refractivity contribution >= 4 is 40.7 Å². The van der Waals surface area contributed by atoms with E-state index in [4.69, 9.17) is 34.8 Å². The number of aryl methyl sites for hydroxylation is 1. The number of rotatable bonds is 6. The zero-order valence-corrected chi connectivity index (χ0v) is 18.4. The summed E-state index contributed by atoms with van der Waals surface area (Å²) in [7, 11) is 1.53. The van der Waals surface area contributed by atoms with Crippen LogP contribution in [0.3, 0.4) is 0 Å². The Labute approximate surface area is 188 Å². The van der Waals surface area contributed by atoms with Crippen molar-refractivity contribution in [3.05, 3.63) is 85.1 Å². The molecule has 0 spiro atoms. The summed E-state index contributed by atoms with van der Waals surface area (Å²) in [5.41, 5.74) is 1.39. The number of carbonyl (C=O) groups excluding carboxylic acids is 1. The highest BCUT2D eigenvalue weighted by Crippen LogP contribution is 2.25. The fourth-order valence-corrected chi connectivity index (χ4v) is 3.58. The molecule has 8 heteroatoms. The lowest BCUT2D eigenvalue weighted by Crippen LogP contribution is -2.28. The first kappa shape index (κ1) is 22.2. The number of benzene rings is 2. The van der Waals surface area contributed by atoms with E-state index in [1.54, 1.807) is 36.4 Å². The van der Waals surface area contributed by atoms with Crippen LogP contribution in [0.15, 0.2) is 53.3 Å². The van der Waals surface area contributed by atoms with Gasteiger partial charge in [-0.15, -0.1) is 0 Å². The van der Waals surface area contributed by atoms with Crippen LogP contribution < -0.4 is 10.9 Å². The van der Waals surface area contributed by atoms with E-state index in [-0.39, 0.29) is 5.56 Å². The van der Waals surface area contributed by atoms with Crippen LogP contribution in [-0.4, -0.2) is 22.1 Å². The molecule has 0 saturated carbocycles. The minimum atomic E-state index is -0.659. The normalized spacial score (nSPS) is 10.8. The monoisotopic (exact) mass is 464 g/mol. The maximum Gasteiger partial charge on any atom is 0.293 e. The number of nitrogens with one attached hydrogen (secondary N) is 1. The van der Waals surface area contributed by atoms with Gasteiger partial charge in [-0.1, -0.05) is 53.0 Å². The molecule has 1 amide bonds. The van der Waals surface area contributed by atoms with Gasteiger partial charge in [0.1, 0.15) is 0 Å². The molecule has 1 heterocycles. The second-order valence-electron chi connectivity index (χ2n) is 6.77. The smallest absolute Gasteiger partial charge is 0.293 e. The average molecular weight is 466 g/mol. The van der Waals surface area contributed by atoms with Gasteiger partial charge in [0.25, 0.3) is 11.5 Å². The number of carbonyl (C=O) groups is 1. The number of aromatic nitrogens is 1. The summed E-state index contributed by atoms with van der Waals surface area (Å²) in [6.07, 6.45) is 1.34. The lowest BCUT2D eigenvalue weighted by atomic mass is 10.1. The van der Waals surface area contributed by atoms with Crippen LogP contribution in [0.4, 0.5) is 0 Å². The molecule has 1 aromatic heterocycles. The Morgan fingerprint density at radius 2 is 1.83 bits per heavy atom. The van der Waals surface area contributed by atoms with E-state index in [0.29, 0.717) is 45.7 Å². The number of pyridine rings is 1. The standard InChI is InChI=1S/C22H19Cl3N2O3/c1-27-19(14-5-2-6-15(23)11-14)12-16(20(28)22(27)30)21(29)26-9-3-4-13-7-8-17(24)18(25)10-13/h2,5-8,10-12,28H,3-4,9H2,1H3,(H,26,29). The molecule has 156 valence electrons. The second kappa shape index (κ2) is 9.56. The van der Waals surface area contributed by atoms with E-state index in [1.165, 1.54) is 17.7 Å². The summed E-state index contributed by atoms with van der Waals surface area (Å²) in [5.74, 6) is -1.12. The number of hydrogen-bond acceptors (Lipinski definition) is 3. The molecule has 0 saturated heterocycles. The van der Waals surface area contributed by atoms with Gasteiger partial charge in [0.15, 0.2) is 5.75 Å². The highest BCUT2D eigenvalue weighted by atomic mass is 35.5. The average Bonchev–Trinajstić information content (AvgIpc) is 2.72. The fraction of sp³-hybridized carbons (Fsp3) is 0.182. The van der Waals surface area contributed by atoms with Gasteiger partial charge >= 0.3 is 0 Å². The van der Waals surface area contributed by atoms with Gasteiger partial charge in [-0.2, -0.15) is 0 Å². The number of halogens is 3. The van der Waals surface area contributed by atoms with Gasteiger partial charge in [0.2, 0.25) is 0 Å². The van der Waals surface area contributed by atoms with Gasteiger partial charge in [0.05, 0.1) is 21.3 Å². The molecular weight excluding hydrogens is 447 g/mol. The first-order valence-corrected chi connectivity index (χ1v) is 10.3. The van der Waals surface area contributed by atoms with Gasteiger partial charge in [0, 0.05) is 18.6 Å². The molecule has 0 atom stereocenters. The van der Waals surface area contributed by atoms with Crippen LogP contribution in [0.2, 0.25) is 15.1 Å². The summed E-state index contributed by atoms with van der Waals surface area (Å²) >= 11 is 18.0. The minimum Gasteiger partial charge on any atom is -0.502 e. The Bertz CT molecular complexity index is 1160. The van der Waals surface area contributed by atoms with Crippen molar-refractivity contribution in [2.24, 2.45) is 7.05 Å². The topological polar surface area (TPSA) is 71.3 Å². The molecule has 2 aromatic carbocycles. The molecular formula is C22H19Cl3N2O3. The SMILES string of the molecule is Cn1c(-c2cccc(Cl)c2)cc(C(=O)NCCCc2ccc(Cl)c(Cl)c2)c(O)c1=O. The third-order valence-electron chi connectivity index (χ3n) is 4.68. The lowest BCUT2D eigenvalue weighted by Gasteiger charge is -2.13. The van der Waals surface area contributed by atoms with Crippen LogP contribution in [0.5, 0.6) is 5.75 Å². The van der Waals surface area contributed by atoms with Crippen molar-refractivity contribution < 1.29 is 9.90 Å². The predicted molar refractivity (Wildman–Crippen MR) is 121 cm³/mol. The third-order valence-corrected chi connectivity index (χ3v) is 5.66. The molecule has 2 N–H and O–H groups in total. The van der Waals surface area contributed by atoms with Crippen molar-refractivity contribution in [2.45, 2.75) is 12.8 Å². The summed E-state index contributed by atoms with van der Waals surface area (Å²) in [6, 6.07) is 13.8. The van der Waals surface area contributed by atoms with Crippen molar-refractivity contribution in [1.82, 2.24) is 9.88 Å². The summed E-state index contributed by atoms with van der Waals surface area (Å²) in [6.45, 7) is 0.361. The van der Waals surface area contributed by atoms with E-state index in [1.807, 2.05) is 6.07 Å². The number of nitrogens with zero attached hydrogens (tertiary/aromatic N) is 1. The maximum atomic E-state index is 12.6. The minimum absolute atomic E-state index is 0.0809. The second-order valence-corrected chi connectivity index (χ2v) is 8.03. The molecule has 3 aromatic rings. The van der Waals surface area contributed by atoms with E-state index in [9.17, 15) is 14.7 Å². The lowest BCUT2D eigenvalue weighted by molar-refractivity contribution is 0.0950. The zero-order chi connectivity index (χ0) is 21.8.